The smallest absolute Gasteiger partial charge is 0.326 e. The number of benzene rings is 3. The number of carboxylic acid groups (broad SMARTS) is 1. The number of aliphatic carboxylic acids is 1. The van der Waals surface area contributed by atoms with Gasteiger partial charge in [-0.1, -0.05) is 42.5 Å². The molecule has 0 bridgehead atoms. The van der Waals surface area contributed by atoms with Gasteiger partial charge in [0.1, 0.15) is 6.04 Å². The second kappa shape index (κ2) is 9.95. The van der Waals surface area contributed by atoms with Gasteiger partial charge in [0, 0.05) is 29.7 Å². The maximum atomic E-state index is 13.0. The highest BCUT2D eigenvalue weighted by Crippen LogP contribution is 2.32. The van der Waals surface area contributed by atoms with Crippen molar-refractivity contribution >= 4 is 40.6 Å². The van der Waals surface area contributed by atoms with Gasteiger partial charge in [0.05, 0.1) is 18.7 Å². The highest BCUT2D eigenvalue weighted by molar-refractivity contribution is 6.24. The van der Waals surface area contributed by atoms with Gasteiger partial charge in [-0.3, -0.25) is 14.4 Å². The van der Waals surface area contributed by atoms with Crippen LogP contribution in [0.25, 0.3) is 5.57 Å². The first-order valence-electron chi connectivity index (χ1n) is 12.1. The predicted octanol–water partition coefficient (Wildman–Crippen LogP) is 2.11. The molecule has 5 N–H and O–H groups in total. The maximum Gasteiger partial charge on any atom is 0.326 e. The number of nitrogens with one attached hydrogen (secondary N) is 1. The number of aliphatic hydroxyl groups excluding tert-OH is 1. The normalized spacial score (nSPS) is 15.2. The first kappa shape index (κ1) is 24.9. The van der Waals surface area contributed by atoms with Crippen molar-refractivity contribution < 1.29 is 29.4 Å². The number of carbonyl (C=O) groups excluding carboxylic acids is 3. The van der Waals surface area contributed by atoms with Gasteiger partial charge in [-0.25, -0.2) is 9.69 Å². The van der Waals surface area contributed by atoms with Crippen LogP contribution in [-0.2, 0) is 33.6 Å². The number of hydrogen-bond donors (Lipinski definition) is 4. The van der Waals surface area contributed by atoms with E-state index in [4.69, 9.17) is 5.73 Å². The van der Waals surface area contributed by atoms with Gasteiger partial charge in [0.15, 0.2) is 0 Å². The van der Waals surface area contributed by atoms with Gasteiger partial charge >= 0.3 is 5.97 Å². The van der Waals surface area contributed by atoms with Crippen molar-refractivity contribution in [3.63, 3.8) is 0 Å². The summed E-state index contributed by atoms with van der Waals surface area (Å²) in [5.41, 5.74) is 10.7. The zero-order chi connectivity index (χ0) is 27.0. The molecule has 192 valence electrons. The summed E-state index contributed by atoms with van der Waals surface area (Å²) in [6.45, 7) is -0.329. The lowest BCUT2D eigenvalue weighted by Crippen LogP contribution is -2.43. The molecule has 2 aliphatic rings. The van der Waals surface area contributed by atoms with E-state index in [1.165, 1.54) is 0 Å². The third-order valence-electron chi connectivity index (χ3n) is 6.90. The number of carboxylic acids is 1. The molecule has 1 atom stereocenters. The Bertz CT molecular complexity index is 1510. The first-order chi connectivity index (χ1) is 18.3. The predicted molar refractivity (Wildman–Crippen MR) is 140 cm³/mol. The summed E-state index contributed by atoms with van der Waals surface area (Å²) in [6, 6.07) is 17.4. The standard InChI is InChI=1S/C29H25N3O6/c30-19-8-7-18-13-26(34)32(28(36)22(18)14-19)20-9-5-16(6-10-20)11-25(29(37)38)31-27(35)23-12-17-3-1-2-4-21(17)24(23)15-33/h1-10,14,25,33H,11-13,15,30H2,(H,31,35)(H,37,38)/t25-/m0/s1. The summed E-state index contributed by atoms with van der Waals surface area (Å²) in [7, 11) is 0. The number of nitrogens with zero attached hydrogens (tertiary/aromatic N) is 1. The molecule has 1 aliphatic carbocycles. The zero-order valence-electron chi connectivity index (χ0n) is 20.3. The topological polar surface area (TPSA) is 150 Å². The molecule has 0 fully saturated rings. The average molecular weight is 512 g/mol. The number of rotatable bonds is 7. The fraction of sp³-hybridized carbons (Fsp3) is 0.172. The van der Waals surface area contributed by atoms with Crippen molar-refractivity contribution in [1.82, 2.24) is 5.32 Å². The average Bonchev–Trinajstić information content (AvgIpc) is 3.28. The van der Waals surface area contributed by atoms with Gasteiger partial charge in [0.2, 0.25) is 11.8 Å². The van der Waals surface area contributed by atoms with Crippen LogP contribution in [-0.4, -0.2) is 46.6 Å². The number of amides is 3. The summed E-state index contributed by atoms with van der Waals surface area (Å²) in [5.74, 6) is -2.60. The number of aliphatic hydroxyl groups is 1. The van der Waals surface area contributed by atoms with E-state index < -0.39 is 23.8 Å². The lowest BCUT2D eigenvalue weighted by atomic mass is 9.97. The molecule has 3 aromatic carbocycles. The van der Waals surface area contributed by atoms with Gasteiger partial charge in [-0.15, -0.1) is 0 Å². The number of anilines is 2. The number of hydrogen-bond acceptors (Lipinski definition) is 6. The van der Waals surface area contributed by atoms with Crippen LogP contribution in [0, 0.1) is 0 Å². The van der Waals surface area contributed by atoms with Crippen LogP contribution in [0.3, 0.4) is 0 Å². The second-order valence-electron chi connectivity index (χ2n) is 9.31. The number of fused-ring (bicyclic) bond motifs is 2. The lowest BCUT2D eigenvalue weighted by Gasteiger charge is -2.27. The minimum Gasteiger partial charge on any atom is -0.480 e. The molecular formula is C29H25N3O6. The number of carbonyl (C=O) groups is 4. The highest BCUT2D eigenvalue weighted by atomic mass is 16.4. The van der Waals surface area contributed by atoms with Gasteiger partial charge in [0.25, 0.3) is 5.91 Å². The first-order valence-corrected chi connectivity index (χ1v) is 12.1. The Labute approximate surface area is 218 Å². The Hall–Kier alpha value is -4.76. The Balaban J connectivity index is 1.31. The van der Waals surface area contributed by atoms with Crippen molar-refractivity contribution in [3.8, 4) is 0 Å². The maximum absolute atomic E-state index is 13.0. The van der Waals surface area contributed by atoms with E-state index in [-0.39, 0.29) is 25.4 Å². The fourth-order valence-electron chi connectivity index (χ4n) is 4.97. The van der Waals surface area contributed by atoms with E-state index in [9.17, 15) is 29.4 Å². The second-order valence-corrected chi connectivity index (χ2v) is 9.31. The Morgan fingerprint density at radius 1 is 0.947 bits per heavy atom. The van der Waals surface area contributed by atoms with E-state index in [1.807, 2.05) is 24.3 Å². The molecule has 5 rings (SSSR count). The van der Waals surface area contributed by atoms with Crippen molar-refractivity contribution in [2.75, 3.05) is 17.2 Å². The largest absolute Gasteiger partial charge is 0.480 e. The third-order valence-corrected chi connectivity index (χ3v) is 6.90. The van der Waals surface area contributed by atoms with E-state index in [2.05, 4.69) is 5.32 Å². The molecule has 9 nitrogen and oxygen atoms in total. The molecule has 3 aromatic rings. The Morgan fingerprint density at radius 2 is 1.66 bits per heavy atom. The monoisotopic (exact) mass is 511 g/mol. The van der Waals surface area contributed by atoms with Crippen molar-refractivity contribution in [1.29, 1.82) is 0 Å². The number of nitrogen functional groups attached to an aromatic ring is 1. The summed E-state index contributed by atoms with van der Waals surface area (Å²) in [4.78, 5) is 51.8. The van der Waals surface area contributed by atoms with Crippen molar-refractivity contribution in [2.45, 2.75) is 25.3 Å². The lowest BCUT2D eigenvalue weighted by molar-refractivity contribution is -0.141. The summed E-state index contributed by atoms with van der Waals surface area (Å²) in [6.07, 6.45) is 0.356. The molecule has 38 heavy (non-hydrogen) atoms. The van der Waals surface area contributed by atoms with Gasteiger partial charge < -0.3 is 21.3 Å². The van der Waals surface area contributed by atoms with Crippen LogP contribution >= 0.6 is 0 Å². The van der Waals surface area contributed by atoms with Crippen LogP contribution in [0.4, 0.5) is 11.4 Å². The highest BCUT2D eigenvalue weighted by Gasteiger charge is 2.33. The van der Waals surface area contributed by atoms with Crippen LogP contribution in [0.15, 0.2) is 72.3 Å². The molecule has 0 spiro atoms. The molecular weight excluding hydrogens is 486 g/mol. The third kappa shape index (κ3) is 4.55. The van der Waals surface area contributed by atoms with Gasteiger partial charge in [-0.2, -0.15) is 0 Å². The summed E-state index contributed by atoms with van der Waals surface area (Å²) in [5, 5.41) is 22.2. The fourth-order valence-corrected chi connectivity index (χ4v) is 4.97. The molecule has 0 unspecified atom stereocenters. The van der Waals surface area contributed by atoms with Crippen molar-refractivity contribution in [3.05, 3.63) is 100 Å². The molecule has 1 aliphatic heterocycles. The van der Waals surface area contributed by atoms with Crippen LogP contribution in [0.5, 0.6) is 0 Å². The van der Waals surface area contributed by atoms with Gasteiger partial charge in [-0.05, 0) is 52.1 Å². The molecule has 3 amide bonds. The SMILES string of the molecule is Nc1ccc2c(c1)C(=O)N(c1ccc(C[C@H](NC(=O)C3=C(CO)c4ccccc4C3)C(=O)O)cc1)C(=O)C2. The molecule has 0 saturated heterocycles. The van der Waals surface area contributed by atoms with E-state index in [0.29, 0.717) is 45.6 Å². The zero-order valence-corrected chi connectivity index (χ0v) is 20.3. The van der Waals surface area contributed by atoms with E-state index in [0.717, 1.165) is 16.0 Å². The minimum absolute atomic E-state index is 0.0166. The van der Waals surface area contributed by atoms with E-state index in [1.54, 1.807) is 42.5 Å². The molecule has 0 saturated carbocycles. The Kier molecular flexibility index (Phi) is 6.52. The van der Waals surface area contributed by atoms with Crippen LogP contribution in [0.1, 0.15) is 32.6 Å². The summed E-state index contributed by atoms with van der Waals surface area (Å²) >= 11 is 0. The quantitative estimate of drug-likeness (QED) is 0.280. The summed E-state index contributed by atoms with van der Waals surface area (Å²) < 4.78 is 0. The minimum atomic E-state index is -1.22. The molecule has 1 heterocycles. The van der Waals surface area contributed by atoms with E-state index >= 15 is 0 Å². The molecule has 0 radical (unpaired) electrons. The molecule has 0 aromatic heterocycles. The number of nitrogens with two attached hydrogens (primary N) is 1. The van der Waals surface area contributed by atoms with Crippen LogP contribution in [0.2, 0.25) is 0 Å². The van der Waals surface area contributed by atoms with Crippen molar-refractivity contribution in [2.24, 2.45) is 0 Å². The van der Waals surface area contributed by atoms with Crippen LogP contribution < -0.4 is 16.0 Å². The molecule has 9 heteroatoms. The Morgan fingerprint density at radius 3 is 2.37 bits per heavy atom. The number of imide groups is 1.